The molecule has 1 rings (SSSR count). The number of carbonyl (C=O) groups excluding carboxylic acids is 2. The first kappa shape index (κ1) is 20.4. The highest BCUT2D eigenvalue weighted by Gasteiger charge is 2.27. The van der Waals surface area contributed by atoms with Gasteiger partial charge in [-0.3, -0.25) is 9.59 Å². The van der Waals surface area contributed by atoms with E-state index in [0.717, 1.165) is 5.56 Å². The summed E-state index contributed by atoms with van der Waals surface area (Å²) in [7, 11) is 0. The fraction of sp³-hybridized carbons (Fsp3) is 0.467. The molecule has 0 aliphatic rings. The number of benzene rings is 1. The minimum atomic E-state index is -1.24. The number of alkyl halides is 4. The molecule has 2 amide bonds. The molecule has 1 N–H and O–H groups in total. The molecule has 0 aromatic heterocycles. The molecule has 0 spiro atoms. The Balaban J connectivity index is 2.91. The number of rotatable bonds is 9. The first-order chi connectivity index (χ1) is 11.0. The molecule has 128 valence electrons. The molecule has 8 heteroatoms. The van der Waals surface area contributed by atoms with Gasteiger partial charge in [0.15, 0.2) is 4.84 Å². The van der Waals surface area contributed by atoms with E-state index in [1.54, 1.807) is 0 Å². The van der Waals surface area contributed by atoms with Crippen molar-refractivity contribution in [2.45, 2.75) is 17.3 Å². The lowest BCUT2D eigenvalue weighted by Crippen LogP contribution is -2.51. The molecule has 0 heterocycles. The van der Waals surface area contributed by atoms with Gasteiger partial charge in [-0.15, -0.1) is 23.2 Å². The normalized spacial score (nSPS) is 12.0. The van der Waals surface area contributed by atoms with Gasteiger partial charge in [-0.2, -0.15) is 0 Å². The molecular formula is C15H18Cl4N2O2. The third-order valence-electron chi connectivity index (χ3n) is 3.12. The summed E-state index contributed by atoms with van der Waals surface area (Å²) in [4.78, 5) is 24.8. The van der Waals surface area contributed by atoms with Crippen LogP contribution in [0.3, 0.4) is 0 Å². The summed E-state index contributed by atoms with van der Waals surface area (Å²) >= 11 is 22.6. The fourth-order valence-corrected chi connectivity index (χ4v) is 2.58. The van der Waals surface area contributed by atoms with Crippen LogP contribution < -0.4 is 5.32 Å². The van der Waals surface area contributed by atoms with Crippen molar-refractivity contribution in [2.24, 2.45) is 0 Å². The van der Waals surface area contributed by atoms with Crippen molar-refractivity contribution in [1.82, 2.24) is 10.2 Å². The summed E-state index contributed by atoms with van der Waals surface area (Å²) in [6, 6.07) is 8.56. The van der Waals surface area contributed by atoms with E-state index in [9.17, 15) is 9.59 Å². The SMILES string of the molecule is O=C(N[C@@H](Cc1ccccc1)C(=O)N(CCCl)CCCl)C(Cl)Cl. The lowest BCUT2D eigenvalue weighted by atomic mass is 10.0. The molecule has 1 aromatic rings. The van der Waals surface area contributed by atoms with Crippen LogP contribution in [0.1, 0.15) is 5.56 Å². The standard InChI is InChI=1S/C15H18Cl4N2O2/c16-6-8-21(9-7-17)15(23)12(20-14(22)13(18)19)10-11-4-2-1-3-5-11/h1-5,12-13H,6-10H2,(H,20,22)/t12-/m0/s1. The van der Waals surface area contributed by atoms with Gasteiger partial charge < -0.3 is 10.2 Å². The van der Waals surface area contributed by atoms with Gasteiger partial charge in [0.2, 0.25) is 5.91 Å². The Morgan fingerprint density at radius 3 is 2.09 bits per heavy atom. The Kier molecular flexibility index (Phi) is 9.72. The summed E-state index contributed by atoms with van der Waals surface area (Å²) in [5, 5.41) is 2.58. The maximum Gasteiger partial charge on any atom is 0.253 e. The number of hydrogen-bond donors (Lipinski definition) is 1. The van der Waals surface area contributed by atoms with Crippen molar-refractivity contribution < 1.29 is 9.59 Å². The van der Waals surface area contributed by atoms with Gasteiger partial charge in [-0.25, -0.2) is 0 Å². The first-order valence-electron chi connectivity index (χ1n) is 7.02. The average Bonchev–Trinajstić information content (AvgIpc) is 2.54. The van der Waals surface area contributed by atoms with Gasteiger partial charge in [-0.1, -0.05) is 53.5 Å². The number of halogens is 4. The van der Waals surface area contributed by atoms with E-state index in [1.165, 1.54) is 4.90 Å². The quantitative estimate of drug-likeness (QED) is 0.649. The Morgan fingerprint density at radius 2 is 1.61 bits per heavy atom. The third kappa shape index (κ3) is 7.17. The molecule has 0 aliphatic heterocycles. The van der Waals surface area contributed by atoms with Crippen LogP contribution in [-0.2, 0) is 16.0 Å². The Hall–Kier alpha value is -0.680. The van der Waals surface area contributed by atoms with Crippen LogP contribution >= 0.6 is 46.4 Å². The minimum absolute atomic E-state index is 0.266. The third-order valence-corrected chi connectivity index (χ3v) is 3.85. The highest BCUT2D eigenvalue weighted by Crippen LogP contribution is 2.09. The van der Waals surface area contributed by atoms with E-state index < -0.39 is 16.8 Å². The van der Waals surface area contributed by atoms with Crippen molar-refractivity contribution in [3.63, 3.8) is 0 Å². The van der Waals surface area contributed by atoms with Gasteiger partial charge in [0.25, 0.3) is 5.91 Å². The highest BCUT2D eigenvalue weighted by molar-refractivity contribution is 6.53. The maximum atomic E-state index is 12.7. The molecule has 0 radical (unpaired) electrons. The monoisotopic (exact) mass is 398 g/mol. The zero-order valence-corrected chi connectivity index (χ0v) is 15.4. The van der Waals surface area contributed by atoms with Crippen LogP contribution in [0.4, 0.5) is 0 Å². The summed E-state index contributed by atoms with van der Waals surface area (Å²) in [6.07, 6.45) is 0.326. The molecule has 0 aliphatic carbocycles. The van der Waals surface area contributed by atoms with Gasteiger partial charge in [-0.05, 0) is 5.56 Å². The lowest BCUT2D eigenvalue weighted by molar-refractivity contribution is -0.135. The predicted octanol–water partition coefficient (Wildman–Crippen LogP) is 2.82. The molecule has 0 saturated carbocycles. The molecule has 0 fully saturated rings. The van der Waals surface area contributed by atoms with Gasteiger partial charge in [0.05, 0.1) is 0 Å². The van der Waals surface area contributed by atoms with Crippen LogP contribution in [0.15, 0.2) is 30.3 Å². The molecule has 1 atom stereocenters. The zero-order valence-electron chi connectivity index (χ0n) is 12.4. The highest BCUT2D eigenvalue weighted by atomic mass is 35.5. The molecule has 0 saturated heterocycles. The van der Waals surface area contributed by atoms with Crippen LogP contribution in [0, 0.1) is 0 Å². The smallest absolute Gasteiger partial charge is 0.253 e. The van der Waals surface area contributed by atoms with Crippen LogP contribution in [0.5, 0.6) is 0 Å². The number of hydrogen-bond acceptors (Lipinski definition) is 2. The molecule has 23 heavy (non-hydrogen) atoms. The Morgan fingerprint density at radius 1 is 1.04 bits per heavy atom. The Labute approximate surface area is 156 Å². The van der Waals surface area contributed by atoms with Crippen LogP contribution in [-0.4, -0.2) is 52.4 Å². The van der Waals surface area contributed by atoms with Crippen molar-refractivity contribution in [3.8, 4) is 0 Å². The maximum absolute atomic E-state index is 12.7. The second-order valence-corrected chi connectivity index (χ2v) is 6.61. The van der Waals surface area contributed by atoms with E-state index >= 15 is 0 Å². The van der Waals surface area contributed by atoms with Crippen LogP contribution in [0.25, 0.3) is 0 Å². The number of nitrogens with one attached hydrogen (secondary N) is 1. The predicted molar refractivity (Wildman–Crippen MR) is 95.6 cm³/mol. The number of carbonyl (C=O) groups is 2. The van der Waals surface area contributed by atoms with Crippen molar-refractivity contribution in [1.29, 1.82) is 0 Å². The minimum Gasteiger partial charge on any atom is -0.342 e. The van der Waals surface area contributed by atoms with Crippen molar-refractivity contribution in [2.75, 3.05) is 24.8 Å². The van der Waals surface area contributed by atoms with Crippen molar-refractivity contribution in [3.05, 3.63) is 35.9 Å². The molecule has 4 nitrogen and oxygen atoms in total. The average molecular weight is 400 g/mol. The summed E-state index contributed by atoms with van der Waals surface area (Å²) in [6.45, 7) is 0.693. The molecule has 0 unspecified atom stereocenters. The number of nitrogens with zero attached hydrogens (tertiary/aromatic N) is 1. The molecular weight excluding hydrogens is 382 g/mol. The zero-order chi connectivity index (χ0) is 17.2. The lowest BCUT2D eigenvalue weighted by Gasteiger charge is -2.27. The summed E-state index contributed by atoms with van der Waals surface area (Å²) in [5.74, 6) is -0.318. The van der Waals surface area contributed by atoms with Crippen molar-refractivity contribution >= 4 is 58.2 Å². The van der Waals surface area contributed by atoms with E-state index in [1.807, 2.05) is 30.3 Å². The summed E-state index contributed by atoms with van der Waals surface area (Å²) < 4.78 is 0. The molecule has 0 bridgehead atoms. The first-order valence-corrected chi connectivity index (χ1v) is 8.97. The summed E-state index contributed by atoms with van der Waals surface area (Å²) in [5.41, 5.74) is 0.906. The van der Waals surface area contributed by atoms with E-state index in [2.05, 4.69) is 5.32 Å². The fourth-order valence-electron chi connectivity index (χ4n) is 2.04. The Bertz CT molecular complexity index is 494. The number of amides is 2. The largest absolute Gasteiger partial charge is 0.342 e. The van der Waals surface area contributed by atoms with Gasteiger partial charge in [0, 0.05) is 31.3 Å². The van der Waals surface area contributed by atoms with E-state index in [-0.39, 0.29) is 17.7 Å². The molecule has 1 aromatic carbocycles. The van der Waals surface area contributed by atoms with Crippen LogP contribution in [0.2, 0.25) is 0 Å². The van der Waals surface area contributed by atoms with Gasteiger partial charge >= 0.3 is 0 Å². The van der Waals surface area contributed by atoms with E-state index in [0.29, 0.717) is 19.5 Å². The van der Waals surface area contributed by atoms with Gasteiger partial charge in [0.1, 0.15) is 6.04 Å². The topological polar surface area (TPSA) is 49.4 Å². The second-order valence-electron chi connectivity index (χ2n) is 4.75. The van der Waals surface area contributed by atoms with E-state index in [4.69, 9.17) is 46.4 Å². The second kappa shape index (κ2) is 11.0.